The van der Waals surface area contributed by atoms with Crippen molar-refractivity contribution in [2.24, 2.45) is 17.8 Å². The summed E-state index contributed by atoms with van der Waals surface area (Å²) >= 11 is 12.8. The van der Waals surface area contributed by atoms with E-state index >= 15 is 0 Å². The Balaban J connectivity index is 1.54. The van der Waals surface area contributed by atoms with Crippen molar-refractivity contribution in [3.8, 4) is 5.69 Å². The predicted molar refractivity (Wildman–Crippen MR) is 146 cm³/mol. The van der Waals surface area contributed by atoms with Crippen LogP contribution in [0.25, 0.3) is 16.6 Å². The first-order valence-corrected chi connectivity index (χ1v) is 13.2. The van der Waals surface area contributed by atoms with E-state index in [1.165, 1.54) is 4.90 Å². The van der Waals surface area contributed by atoms with Gasteiger partial charge < -0.3 is 0 Å². The number of amides is 2. The first-order chi connectivity index (χ1) is 18.3. The van der Waals surface area contributed by atoms with Crippen LogP contribution >= 0.6 is 23.2 Å². The summed E-state index contributed by atoms with van der Waals surface area (Å²) in [6.07, 6.45) is 0. The minimum Gasteiger partial charge on any atom is -0.296 e. The molecule has 7 nitrogen and oxygen atoms in total. The van der Waals surface area contributed by atoms with Crippen molar-refractivity contribution < 1.29 is 9.59 Å². The van der Waals surface area contributed by atoms with Gasteiger partial charge in [0.15, 0.2) is 0 Å². The van der Waals surface area contributed by atoms with Gasteiger partial charge in [0.05, 0.1) is 44.2 Å². The predicted octanol–water partition coefficient (Wildman–Crippen LogP) is 4.68. The standard InChI is InChI=1S/C29H22Cl2N4O3/c1-14(2)24-21-22(27(38)34(26(21)37)20-13-7-10-17(30)23(20)31)29(33-24)16-9-4-6-12-19(16)35-25(36)15-8-3-5-11-18(15)32-28(29)35/h3-14,21-22,24,33H,1-2H3/t21-,22-,24+,29-/m1/s1. The monoisotopic (exact) mass is 544 g/mol. The van der Waals surface area contributed by atoms with Gasteiger partial charge in [-0.15, -0.1) is 0 Å². The molecule has 2 saturated heterocycles. The van der Waals surface area contributed by atoms with E-state index in [4.69, 9.17) is 28.2 Å². The van der Waals surface area contributed by atoms with Crippen LogP contribution in [-0.2, 0) is 15.1 Å². The van der Waals surface area contributed by atoms with Crippen LogP contribution in [0.15, 0.2) is 71.5 Å². The number of hydrogen-bond donors (Lipinski definition) is 1. The Morgan fingerprint density at radius 1 is 0.895 bits per heavy atom. The van der Waals surface area contributed by atoms with Crippen molar-refractivity contribution in [1.29, 1.82) is 0 Å². The Labute approximate surface area is 228 Å². The number of carbonyl (C=O) groups is 2. The molecule has 0 unspecified atom stereocenters. The molecule has 9 heteroatoms. The Bertz CT molecular complexity index is 1770. The summed E-state index contributed by atoms with van der Waals surface area (Å²) in [5.41, 5.74) is 0.795. The van der Waals surface area contributed by atoms with Gasteiger partial charge in [0.25, 0.3) is 5.56 Å². The molecule has 4 atom stereocenters. The molecule has 38 heavy (non-hydrogen) atoms. The Hall–Kier alpha value is -3.52. The van der Waals surface area contributed by atoms with Gasteiger partial charge in [0.1, 0.15) is 11.4 Å². The minimum absolute atomic E-state index is 0.00167. The van der Waals surface area contributed by atoms with E-state index in [0.29, 0.717) is 22.4 Å². The number of hydrogen-bond acceptors (Lipinski definition) is 5. The lowest BCUT2D eigenvalue weighted by Crippen LogP contribution is -2.51. The average molecular weight is 545 g/mol. The first kappa shape index (κ1) is 23.6. The molecule has 0 aliphatic carbocycles. The van der Waals surface area contributed by atoms with E-state index in [0.717, 1.165) is 5.56 Å². The Morgan fingerprint density at radius 2 is 1.61 bits per heavy atom. The molecule has 0 radical (unpaired) electrons. The summed E-state index contributed by atoms with van der Waals surface area (Å²) in [5.74, 6) is -1.86. The van der Waals surface area contributed by atoms with Gasteiger partial charge in [0.2, 0.25) is 11.8 Å². The van der Waals surface area contributed by atoms with Crippen molar-refractivity contribution in [1.82, 2.24) is 14.9 Å². The molecular weight excluding hydrogens is 523 g/mol. The number of benzene rings is 3. The first-order valence-electron chi connectivity index (χ1n) is 12.5. The van der Waals surface area contributed by atoms with Crippen LogP contribution in [0.4, 0.5) is 5.69 Å². The lowest BCUT2D eigenvalue weighted by molar-refractivity contribution is -0.123. The van der Waals surface area contributed by atoms with Crippen LogP contribution < -0.4 is 15.8 Å². The van der Waals surface area contributed by atoms with E-state index in [-0.39, 0.29) is 39.2 Å². The molecule has 4 heterocycles. The van der Waals surface area contributed by atoms with E-state index < -0.39 is 23.3 Å². The third kappa shape index (κ3) is 2.79. The molecule has 7 rings (SSSR count). The molecule has 1 spiro atoms. The fourth-order valence-electron chi connectivity index (χ4n) is 6.63. The SMILES string of the molecule is CC(C)[C@@H]1N[C@]2(c3ccccc3-n3c2nc2ccccc2c3=O)[C@H]2C(=O)N(c3cccc(Cl)c3Cl)C(=O)[C@@H]12. The molecule has 2 fully saturated rings. The van der Waals surface area contributed by atoms with E-state index in [1.54, 1.807) is 41.0 Å². The zero-order valence-electron chi connectivity index (χ0n) is 20.5. The lowest BCUT2D eigenvalue weighted by atomic mass is 9.75. The minimum atomic E-state index is -1.19. The summed E-state index contributed by atoms with van der Waals surface area (Å²) in [6.45, 7) is 4.03. The largest absolute Gasteiger partial charge is 0.296 e. The summed E-state index contributed by atoms with van der Waals surface area (Å²) in [6, 6.07) is 19.2. The van der Waals surface area contributed by atoms with Crippen LogP contribution in [0.1, 0.15) is 25.2 Å². The number of nitrogens with zero attached hydrogens (tertiary/aromatic N) is 3. The van der Waals surface area contributed by atoms with Crippen molar-refractivity contribution in [3.63, 3.8) is 0 Å². The smallest absolute Gasteiger partial charge is 0.266 e. The number of aromatic nitrogens is 2. The quantitative estimate of drug-likeness (QED) is 0.370. The van der Waals surface area contributed by atoms with Gasteiger partial charge in [-0.05, 0) is 36.2 Å². The summed E-state index contributed by atoms with van der Waals surface area (Å²) < 4.78 is 1.59. The van der Waals surface area contributed by atoms with Crippen LogP contribution in [0.2, 0.25) is 10.0 Å². The average Bonchev–Trinajstić information content (AvgIpc) is 3.50. The molecule has 0 bridgehead atoms. The fraction of sp³-hybridized carbons (Fsp3) is 0.241. The van der Waals surface area contributed by atoms with Gasteiger partial charge in [0, 0.05) is 11.6 Å². The summed E-state index contributed by atoms with van der Waals surface area (Å²) in [7, 11) is 0. The topological polar surface area (TPSA) is 84.3 Å². The number of carbonyl (C=O) groups excluding carboxylic acids is 2. The molecule has 2 amide bonds. The molecule has 1 aromatic heterocycles. The van der Waals surface area contributed by atoms with Crippen molar-refractivity contribution >= 4 is 51.6 Å². The maximum atomic E-state index is 14.4. The lowest BCUT2D eigenvalue weighted by Gasteiger charge is -2.32. The van der Waals surface area contributed by atoms with Gasteiger partial charge in [-0.3, -0.25) is 24.3 Å². The number of para-hydroxylation sites is 2. The normalized spacial score (nSPS) is 25.5. The molecule has 190 valence electrons. The van der Waals surface area contributed by atoms with Gasteiger partial charge in [-0.1, -0.05) is 73.4 Å². The summed E-state index contributed by atoms with van der Waals surface area (Å²) in [4.78, 5) is 48.5. The van der Waals surface area contributed by atoms with E-state index in [1.807, 2.05) is 44.2 Å². The number of halogens is 2. The second kappa shape index (κ2) is 7.99. The van der Waals surface area contributed by atoms with Crippen molar-refractivity contribution in [2.75, 3.05) is 4.90 Å². The molecular formula is C29H22Cl2N4O3. The van der Waals surface area contributed by atoms with Crippen molar-refractivity contribution in [3.05, 3.63) is 98.5 Å². The van der Waals surface area contributed by atoms with Crippen LogP contribution in [0.5, 0.6) is 0 Å². The highest BCUT2D eigenvalue weighted by molar-refractivity contribution is 6.45. The zero-order chi connectivity index (χ0) is 26.5. The Morgan fingerprint density at radius 3 is 2.39 bits per heavy atom. The maximum Gasteiger partial charge on any atom is 0.266 e. The number of imide groups is 1. The zero-order valence-corrected chi connectivity index (χ0v) is 22.0. The van der Waals surface area contributed by atoms with Crippen molar-refractivity contribution in [2.45, 2.75) is 25.4 Å². The van der Waals surface area contributed by atoms with Gasteiger partial charge >= 0.3 is 0 Å². The third-order valence-electron chi connectivity index (χ3n) is 8.19. The third-order valence-corrected chi connectivity index (χ3v) is 9.00. The van der Waals surface area contributed by atoms with Gasteiger partial charge in [-0.25, -0.2) is 9.88 Å². The molecule has 1 N–H and O–H groups in total. The highest BCUT2D eigenvalue weighted by Gasteiger charge is 2.70. The van der Waals surface area contributed by atoms with Crippen LogP contribution in [0, 0.1) is 17.8 Å². The van der Waals surface area contributed by atoms with E-state index in [2.05, 4.69) is 5.32 Å². The summed E-state index contributed by atoms with van der Waals surface area (Å²) in [5, 5.41) is 4.57. The fourth-order valence-corrected chi connectivity index (χ4v) is 7.01. The molecule has 0 saturated carbocycles. The Kier molecular flexibility index (Phi) is 4.96. The van der Waals surface area contributed by atoms with Gasteiger partial charge in [-0.2, -0.15) is 0 Å². The second-order valence-electron chi connectivity index (χ2n) is 10.4. The highest BCUT2D eigenvalue weighted by atomic mass is 35.5. The molecule has 3 aliphatic rings. The number of nitrogens with one attached hydrogen (secondary N) is 1. The second-order valence-corrected chi connectivity index (χ2v) is 11.2. The van der Waals surface area contributed by atoms with Crippen LogP contribution in [-0.4, -0.2) is 27.4 Å². The van der Waals surface area contributed by atoms with E-state index in [9.17, 15) is 14.4 Å². The number of rotatable bonds is 2. The van der Waals surface area contributed by atoms with Crippen LogP contribution in [0.3, 0.4) is 0 Å². The molecule has 3 aliphatic heterocycles. The molecule has 4 aromatic rings. The number of anilines is 1. The maximum absolute atomic E-state index is 14.4. The molecule has 3 aromatic carbocycles. The number of fused-ring (bicyclic) bond motifs is 8. The highest BCUT2D eigenvalue weighted by Crippen LogP contribution is 2.57.